The van der Waals surface area contributed by atoms with Gasteiger partial charge in [0.1, 0.15) is 5.75 Å². The van der Waals surface area contributed by atoms with E-state index in [2.05, 4.69) is 72.3 Å². The van der Waals surface area contributed by atoms with Crippen LogP contribution in [0, 0.1) is 13.8 Å². The van der Waals surface area contributed by atoms with E-state index in [1.54, 1.807) is 7.11 Å². The molecule has 0 fully saturated rings. The Labute approximate surface area is 129 Å². The Balaban J connectivity index is 2.19. The molecule has 0 aromatic heterocycles. The lowest BCUT2D eigenvalue weighted by Gasteiger charge is -2.18. The van der Waals surface area contributed by atoms with E-state index < -0.39 is 0 Å². The molecule has 20 heavy (non-hydrogen) atoms. The van der Waals surface area contributed by atoms with Crippen LogP contribution in [0.4, 0.5) is 5.69 Å². The lowest BCUT2D eigenvalue weighted by Crippen LogP contribution is -2.08. The van der Waals surface area contributed by atoms with E-state index in [1.807, 2.05) is 6.07 Å². The number of hydrogen-bond acceptors (Lipinski definition) is 2. The minimum absolute atomic E-state index is 0.235. The largest absolute Gasteiger partial charge is 0.496 e. The van der Waals surface area contributed by atoms with Crippen LogP contribution >= 0.6 is 15.9 Å². The van der Waals surface area contributed by atoms with Gasteiger partial charge in [0.2, 0.25) is 0 Å². The normalized spacial score (nSPS) is 12.1. The fraction of sp³-hybridized carbons (Fsp3) is 0.294. The fourth-order valence-electron chi connectivity index (χ4n) is 2.24. The first-order valence-electron chi connectivity index (χ1n) is 6.68. The molecule has 106 valence electrons. The quantitative estimate of drug-likeness (QED) is 0.825. The van der Waals surface area contributed by atoms with Gasteiger partial charge in [0.15, 0.2) is 0 Å². The van der Waals surface area contributed by atoms with Crippen molar-refractivity contribution in [2.45, 2.75) is 26.8 Å². The van der Waals surface area contributed by atoms with Crippen molar-refractivity contribution in [1.82, 2.24) is 0 Å². The van der Waals surface area contributed by atoms with Crippen LogP contribution in [0.3, 0.4) is 0 Å². The predicted molar refractivity (Wildman–Crippen MR) is 88.6 cm³/mol. The molecule has 0 amide bonds. The smallest absolute Gasteiger partial charge is 0.133 e. The van der Waals surface area contributed by atoms with Crippen LogP contribution in [0.2, 0.25) is 0 Å². The highest BCUT2D eigenvalue weighted by molar-refractivity contribution is 9.10. The number of ether oxygens (including phenoxy) is 1. The molecule has 0 aliphatic carbocycles. The fourth-order valence-corrected chi connectivity index (χ4v) is 2.80. The zero-order valence-corrected chi connectivity index (χ0v) is 13.9. The van der Waals surface area contributed by atoms with E-state index in [1.165, 1.54) is 22.4 Å². The Hall–Kier alpha value is -1.48. The minimum Gasteiger partial charge on any atom is -0.496 e. The maximum absolute atomic E-state index is 5.26. The molecule has 0 saturated carbocycles. The Morgan fingerprint density at radius 2 is 1.85 bits per heavy atom. The molecule has 2 nitrogen and oxygen atoms in total. The van der Waals surface area contributed by atoms with Gasteiger partial charge in [-0.15, -0.1) is 0 Å². The molecule has 0 saturated heterocycles. The Morgan fingerprint density at radius 3 is 2.45 bits per heavy atom. The van der Waals surface area contributed by atoms with Gasteiger partial charge in [-0.3, -0.25) is 0 Å². The van der Waals surface area contributed by atoms with E-state index in [9.17, 15) is 0 Å². The summed E-state index contributed by atoms with van der Waals surface area (Å²) in [7, 11) is 1.68. The molecular formula is C17H20BrNO. The number of hydrogen-bond donors (Lipinski definition) is 1. The molecule has 0 aliphatic heterocycles. The number of nitrogens with one attached hydrogen (secondary N) is 1. The lowest BCUT2D eigenvalue weighted by molar-refractivity contribution is 0.412. The third kappa shape index (κ3) is 3.34. The van der Waals surface area contributed by atoms with Crippen LogP contribution in [0.1, 0.15) is 29.7 Å². The summed E-state index contributed by atoms with van der Waals surface area (Å²) in [4.78, 5) is 0. The van der Waals surface area contributed by atoms with Gasteiger partial charge in [0, 0.05) is 11.7 Å². The average Bonchev–Trinajstić information content (AvgIpc) is 2.41. The highest BCUT2D eigenvalue weighted by Gasteiger charge is 2.09. The zero-order valence-electron chi connectivity index (χ0n) is 12.3. The minimum atomic E-state index is 0.235. The summed E-state index contributed by atoms with van der Waals surface area (Å²) in [5.74, 6) is 0.854. The summed E-state index contributed by atoms with van der Waals surface area (Å²) < 4.78 is 6.24. The van der Waals surface area contributed by atoms with Crippen molar-refractivity contribution in [1.29, 1.82) is 0 Å². The molecule has 0 bridgehead atoms. The van der Waals surface area contributed by atoms with Crippen LogP contribution < -0.4 is 10.1 Å². The maximum atomic E-state index is 5.26. The van der Waals surface area contributed by atoms with Gasteiger partial charge in [0.05, 0.1) is 11.6 Å². The summed E-state index contributed by atoms with van der Waals surface area (Å²) in [6, 6.07) is 12.9. The Bertz CT molecular complexity index is 610. The van der Waals surface area contributed by atoms with E-state index in [0.717, 1.165) is 10.2 Å². The number of halogens is 1. The first-order valence-corrected chi connectivity index (χ1v) is 7.48. The number of aryl methyl sites for hydroxylation is 2. The number of anilines is 1. The lowest BCUT2D eigenvalue weighted by atomic mass is 10.1. The molecule has 0 radical (unpaired) electrons. The monoisotopic (exact) mass is 333 g/mol. The maximum Gasteiger partial charge on any atom is 0.133 e. The third-order valence-electron chi connectivity index (χ3n) is 3.43. The molecule has 0 spiro atoms. The standard InChI is InChI=1S/C17H20BrNO/c1-11-5-7-16(12(2)9-11)19-13(3)14-6-8-17(20-4)15(18)10-14/h5-10,13,19H,1-4H3. The molecule has 2 aromatic rings. The van der Waals surface area contributed by atoms with Gasteiger partial charge in [-0.1, -0.05) is 23.8 Å². The highest BCUT2D eigenvalue weighted by atomic mass is 79.9. The van der Waals surface area contributed by atoms with E-state index in [4.69, 9.17) is 4.74 Å². The van der Waals surface area contributed by atoms with Crippen LogP contribution in [-0.2, 0) is 0 Å². The van der Waals surface area contributed by atoms with Gasteiger partial charge in [-0.25, -0.2) is 0 Å². The van der Waals surface area contributed by atoms with Gasteiger partial charge in [0.25, 0.3) is 0 Å². The van der Waals surface area contributed by atoms with Gasteiger partial charge < -0.3 is 10.1 Å². The molecule has 3 heteroatoms. The second-order valence-corrected chi connectivity index (χ2v) is 5.93. The van der Waals surface area contributed by atoms with E-state index >= 15 is 0 Å². The van der Waals surface area contributed by atoms with Crippen molar-refractivity contribution in [2.75, 3.05) is 12.4 Å². The summed E-state index contributed by atoms with van der Waals surface area (Å²) in [5, 5.41) is 3.56. The first kappa shape index (κ1) is 14.9. The Morgan fingerprint density at radius 1 is 1.10 bits per heavy atom. The van der Waals surface area contributed by atoms with Crippen LogP contribution in [0.25, 0.3) is 0 Å². The van der Waals surface area contributed by atoms with Crippen molar-refractivity contribution < 1.29 is 4.74 Å². The molecule has 0 heterocycles. The predicted octanol–water partition coefficient (Wildman–Crippen LogP) is 5.25. The number of rotatable bonds is 4. The van der Waals surface area contributed by atoms with Gasteiger partial charge in [-0.2, -0.15) is 0 Å². The molecule has 2 rings (SSSR count). The summed E-state index contributed by atoms with van der Waals surface area (Å²) >= 11 is 3.53. The van der Waals surface area contributed by atoms with Gasteiger partial charge >= 0.3 is 0 Å². The second-order valence-electron chi connectivity index (χ2n) is 5.08. The molecule has 0 aliphatic rings. The van der Waals surface area contributed by atoms with Crippen LogP contribution in [-0.4, -0.2) is 7.11 Å². The molecule has 1 N–H and O–H groups in total. The highest BCUT2D eigenvalue weighted by Crippen LogP contribution is 2.30. The summed E-state index contributed by atoms with van der Waals surface area (Å²) in [5.41, 5.74) is 4.95. The van der Waals surface area contributed by atoms with Crippen molar-refractivity contribution in [3.8, 4) is 5.75 Å². The average molecular weight is 334 g/mol. The SMILES string of the molecule is COc1ccc(C(C)Nc2ccc(C)cc2C)cc1Br. The van der Waals surface area contributed by atoms with E-state index in [0.29, 0.717) is 0 Å². The molecule has 1 unspecified atom stereocenters. The van der Waals surface area contributed by atoms with E-state index in [-0.39, 0.29) is 6.04 Å². The van der Waals surface area contributed by atoms with Crippen molar-refractivity contribution >= 4 is 21.6 Å². The summed E-state index contributed by atoms with van der Waals surface area (Å²) in [6.07, 6.45) is 0. The third-order valence-corrected chi connectivity index (χ3v) is 4.05. The number of benzene rings is 2. The molecule has 2 aromatic carbocycles. The van der Waals surface area contributed by atoms with Crippen LogP contribution in [0.5, 0.6) is 5.75 Å². The van der Waals surface area contributed by atoms with Crippen molar-refractivity contribution in [3.05, 3.63) is 57.6 Å². The number of methoxy groups -OCH3 is 1. The second kappa shape index (κ2) is 6.31. The molecule has 1 atom stereocenters. The van der Waals surface area contributed by atoms with Crippen molar-refractivity contribution in [2.24, 2.45) is 0 Å². The van der Waals surface area contributed by atoms with Crippen molar-refractivity contribution in [3.63, 3.8) is 0 Å². The van der Waals surface area contributed by atoms with Crippen LogP contribution in [0.15, 0.2) is 40.9 Å². The van der Waals surface area contributed by atoms with Gasteiger partial charge in [-0.05, 0) is 66.0 Å². The molecular weight excluding hydrogens is 314 g/mol. The zero-order chi connectivity index (χ0) is 14.7. The Kier molecular flexibility index (Phi) is 4.71. The topological polar surface area (TPSA) is 21.3 Å². The first-order chi connectivity index (χ1) is 9.51. The summed E-state index contributed by atoms with van der Waals surface area (Å²) in [6.45, 7) is 6.40.